The molecule has 0 spiro atoms. The van der Waals surface area contributed by atoms with Crippen LogP contribution in [0.5, 0.6) is 0 Å². The van der Waals surface area contributed by atoms with Crippen LogP contribution in [0.25, 0.3) is 21.7 Å². The topological polar surface area (TPSA) is 12.9 Å². The molecule has 3 aromatic rings. The molecule has 1 aromatic heterocycles. The quantitative estimate of drug-likeness (QED) is 0.453. The lowest BCUT2D eigenvalue weighted by atomic mass is 9.82. The highest BCUT2D eigenvalue weighted by atomic mass is 14.7. The van der Waals surface area contributed by atoms with Crippen LogP contribution in [0.4, 0.5) is 0 Å². The normalized spacial score (nSPS) is 16.8. The molecule has 2 aromatic carbocycles. The summed E-state index contributed by atoms with van der Waals surface area (Å²) in [7, 11) is 0. The molecule has 1 heterocycles. The molecule has 0 radical (unpaired) electrons. The highest BCUT2D eigenvalue weighted by molar-refractivity contribution is 6.07. The summed E-state index contributed by atoms with van der Waals surface area (Å²) in [5.74, 6) is 0.744. The second kappa shape index (κ2) is 5.88. The Morgan fingerprint density at radius 1 is 0.833 bits per heavy atom. The number of hydrogen-bond acceptors (Lipinski definition) is 1. The number of benzene rings is 2. The second-order valence-corrected chi connectivity index (χ2v) is 8.37. The zero-order valence-electron chi connectivity index (χ0n) is 15.1. The molecule has 0 saturated heterocycles. The Bertz CT molecular complexity index is 880. The van der Waals surface area contributed by atoms with E-state index in [2.05, 4.69) is 63.2 Å². The highest BCUT2D eigenvalue weighted by Gasteiger charge is 2.22. The molecule has 124 valence electrons. The van der Waals surface area contributed by atoms with E-state index < -0.39 is 0 Å². The monoisotopic (exact) mass is 317 g/mol. The van der Waals surface area contributed by atoms with E-state index in [0.29, 0.717) is 0 Å². The van der Waals surface area contributed by atoms with Gasteiger partial charge in [-0.15, -0.1) is 0 Å². The van der Waals surface area contributed by atoms with Gasteiger partial charge < -0.3 is 0 Å². The third-order valence-electron chi connectivity index (χ3n) is 5.51. The Labute approximate surface area is 145 Å². The van der Waals surface area contributed by atoms with Gasteiger partial charge in [-0.3, -0.25) is 4.98 Å². The van der Waals surface area contributed by atoms with Gasteiger partial charge in [0, 0.05) is 16.2 Å². The molecule has 0 bridgehead atoms. The molecule has 0 atom stereocenters. The average Bonchev–Trinajstić information content (AvgIpc) is 2.60. The van der Waals surface area contributed by atoms with Gasteiger partial charge in [-0.1, -0.05) is 76.4 Å². The number of fused-ring (bicyclic) bond motifs is 3. The summed E-state index contributed by atoms with van der Waals surface area (Å²) in [5.41, 5.74) is 3.91. The summed E-state index contributed by atoms with van der Waals surface area (Å²) in [4.78, 5) is 5.02. The van der Waals surface area contributed by atoms with Crippen molar-refractivity contribution in [2.45, 2.75) is 64.2 Å². The molecule has 1 heteroatoms. The first kappa shape index (κ1) is 15.6. The predicted octanol–water partition coefficient (Wildman–Crippen LogP) is 6.73. The SMILES string of the molecule is CC(C)(C)c1nc2ccccc2c2cc(C3CCCCC3)ccc12. The van der Waals surface area contributed by atoms with Gasteiger partial charge in [-0.05, 0) is 35.8 Å². The van der Waals surface area contributed by atoms with Crippen LogP contribution in [0.15, 0.2) is 42.5 Å². The minimum absolute atomic E-state index is 0.0502. The molecular weight excluding hydrogens is 290 g/mol. The first-order valence-corrected chi connectivity index (χ1v) is 9.37. The van der Waals surface area contributed by atoms with E-state index in [1.54, 1.807) is 0 Å². The van der Waals surface area contributed by atoms with Gasteiger partial charge >= 0.3 is 0 Å². The molecular formula is C23H27N. The number of rotatable bonds is 1. The van der Waals surface area contributed by atoms with Crippen molar-refractivity contribution in [2.75, 3.05) is 0 Å². The minimum atomic E-state index is 0.0502. The fourth-order valence-electron chi connectivity index (χ4n) is 4.23. The lowest BCUT2D eigenvalue weighted by Gasteiger charge is -2.24. The first-order valence-electron chi connectivity index (χ1n) is 9.37. The van der Waals surface area contributed by atoms with E-state index in [-0.39, 0.29) is 5.41 Å². The lowest BCUT2D eigenvalue weighted by molar-refractivity contribution is 0.444. The van der Waals surface area contributed by atoms with Crippen molar-refractivity contribution < 1.29 is 0 Å². The van der Waals surface area contributed by atoms with Crippen molar-refractivity contribution in [3.05, 3.63) is 53.7 Å². The van der Waals surface area contributed by atoms with Crippen LogP contribution < -0.4 is 0 Å². The van der Waals surface area contributed by atoms with Gasteiger partial charge in [-0.2, -0.15) is 0 Å². The molecule has 1 aliphatic rings. The maximum Gasteiger partial charge on any atom is 0.0712 e. The maximum absolute atomic E-state index is 5.02. The summed E-state index contributed by atoms with van der Waals surface area (Å²) in [5, 5.41) is 3.99. The second-order valence-electron chi connectivity index (χ2n) is 8.37. The van der Waals surface area contributed by atoms with E-state index >= 15 is 0 Å². The Morgan fingerprint density at radius 2 is 1.58 bits per heavy atom. The van der Waals surface area contributed by atoms with Crippen LogP contribution in [0, 0.1) is 0 Å². The molecule has 4 rings (SSSR count). The van der Waals surface area contributed by atoms with Gasteiger partial charge in [-0.25, -0.2) is 0 Å². The van der Waals surface area contributed by atoms with Gasteiger partial charge in [0.2, 0.25) is 0 Å². The third kappa shape index (κ3) is 2.70. The zero-order valence-corrected chi connectivity index (χ0v) is 15.1. The Hall–Kier alpha value is -1.89. The minimum Gasteiger partial charge on any atom is -0.252 e. The van der Waals surface area contributed by atoms with Crippen LogP contribution in [-0.4, -0.2) is 4.98 Å². The smallest absolute Gasteiger partial charge is 0.0712 e. The van der Waals surface area contributed by atoms with E-state index in [1.807, 2.05) is 0 Å². The molecule has 0 N–H and O–H groups in total. The molecule has 1 aliphatic carbocycles. The summed E-state index contributed by atoms with van der Waals surface area (Å²) < 4.78 is 0. The van der Waals surface area contributed by atoms with E-state index in [1.165, 1.54) is 59.5 Å². The fourth-order valence-corrected chi connectivity index (χ4v) is 4.23. The van der Waals surface area contributed by atoms with E-state index in [0.717, 1.165) is 11.4 Å². The van der Waals surface area contributed by atoms with E-state index in [9.17, 15) is 0 Å². The maximum atomic E-state index is 5.02. The van der Waals surface area contributed by atoms with Gasteiger partial charge in [0.25, 0.3) is 0 Å². The summed E-state index contributed by atoms with van der Waals surface area (Å²) >= 11 is 0. The molecule has 1 nitrogen and oxygen atoms in total. The molecule has 0 unspecified atom stereocenters. The van der Waals surface area contributed by atoms with Crippen LogP contribution in [0.1, 0.15) is 70.1 Å². The standard InChI is InChI=1S/C23H27N/c1-23(2,3)22-19-14-13-17(16-9-5-4-6-10-16)15-20(19)18-11-7-8-12-21(18)24-22/h7-8,11-16H,4-6,9-10H2,1-3H3. The van der Waals surface area contributed by atoms with Crippen molar-refractivity contribution >= 4 is 21.7 Å². The molecule has 24 heavy (non-hydrogen) atoms. The first-order chi connectivity index (χ1) is 11.5. The van der Waals surface area contributed by atoms with Gasteiger partial charge in [0.1, 0.15) is 0 Å². The number of para-hydroxylation sites is 1. The average molecular weight is 317 g/mol. The Balaban J connectivity index is 1.98. The van der Waals surface area contributed by atoms with Crippen molar-refractivity contribution in [1.82, 2.24) is 4.98 Å². The van der Waals surface area contributed by atoms with Gasteiger partial charge in [0.15, 0.2) is 0 Å². The van der Waals surface area contributed by atoms with Gasteiger partial charge in [0.05, 0.1) is 11.2 Å². The van der Waals surface area contributed by atoms with Crippen molar-refractivity contribution in [2.24, 2.45) is 0 Å². The predicted molar refractivity (Wildman–Crippen MR) is 104 cm³/mol. The summed E-state index contributed by atoms with van der Waals surface area (Å²) in [6.07, 6.45) is 6.87. The number of hydrogen-bond donors (Lipinski definition) is 0. The van der Waals surface area contributed by atoms with Crippen LogP contribution in [0.2, 0.25) is 0 Å². The molecule has 0 amide bonds. The molecule has 0 aliphatic heterocycles. The fraction of sp³-hybridized carbons (Fsp3) is 0.435. The van der Waals surface area contributed by atoms with E-state index in [4.69, 9.17) is 4.98 Å². The van der Waals surface area contributed by atoms with Crippen LogP contribution >= 0.6 is 0 Å². The molecule has 1 saturated carbocycles. The summed E-state index contributed by atoms with van der Waals surface area (Å²) in [6, 6.07) is 15.8. The lowest BCUT2D eigenvalue weighted by Crippen LogP contribution is -2.14. The molecule has 1 fully saturated rings. The highest BCUT2D eigenvalue weighted by Crippen LogP contribution is 2.38. The number of pyridine rings is 1. The number of aromatic nitrogens is 1. The summed E-state index contributed by atoms with van der Waals surface area (Å²) in [6.45, 7) is 6.79. The number of nitrogens with zero attached hydrogens (tertiary/aromatic N) is 1. The Kier molecular flexibility index (Phi) is 3.83. The van der Waals surface area contributed by atoms with Crippen LogP contribution in [-0.2, 0) is 5.41 Å². The Morgan fingerprint density at radius 3 is 2.33 bits per heavy atom. The largest absolute Gasteiger partial charge is 0.252 e. The van der Waals surface area contributed by atoms with Crippen LogP contribution in [0.3, 0.4) is 0 Å². The van der Waals surface area contributed by atoms with Crippen molar-refractivity contribution in [3.63, 3.8) is 0 Å². The third-order valence-corrected chi connectivity index (χ3v) is 5.51. The van der Waals surface area contributed by atoms with Crippen molar-refractivity contribution in [3.8, 4) is 0 Å². The van der Waals surface area contributed by atoms with Crippen molar-refractivity contribution in [1.29, 1.82) is 0 Å². The zero-order chi connectivity index (χ0) is 16.7.